The van der Waals surface area contributed by atoms with Crippen LogP contribution in [0.4, 0.5) is 5.69 Å². The summed E-state index contributed by atoms with van der Waals surface area (Å²) < 4.78 is 0.830. The van der Waals surface area contributed by atoms with Crippen molar-refractivity contribution in [2.24, 2.45) is 5.73 Å². The van der Waals surface area contributed by atoms with Crippen molar-refractivity contribution < 1.29 is 0 Å². The maximum absolute atomic E-state index is 6.32. The second-order valence-corrected chi connectivity index (χ2v) is 7.62. The summed E-state index contributed by atoms with van der Waals surface area (Å²) in [5, 5.41) is 0. The lowest BCUT2D eigenvalue weighted by atomic mass is 9.96. The summed E-state index contributed by atoms with van der Waals surface area (Å²) in [5.74, 6) is 0. The number of hydrogen-bond acceptors (Lipinski definition) is 3. The van der Waals surface area contributed by atoms with Crippen molar-refractivity contribution in [2.75, 3.05) is 11.4 Å². The van der Waals surface area contributed by atoms with Gasteiger partial charge in [0.15, 0.2) is 0 Å². The molecule has 0 radical (unpaired) electrons. The fourth-order valence-corrected chi connectivity index (χ4v) is 4.52. The van der Waals surface area contributed by atoms with Crippen molar-refractivity contribution in [2.45, 2.75) is 38.8 Å². The Kier molecular flexibility index (Phi) is 4.25. The molecule has 0 saturated carbocycles. The number of rotatable bonds is 3. The first-order chi connectivity index (χ1) is 10.1. The van der Waals surface area contributed by atoms with Gasteiger partial charge in [-0.05, 0) is 50.5 Å². The lowest BCUT2D eigenvalue weighted by Gasteiger charge is -2.39. The number of fused-ring (bicyclic) bond motifs is 1. The third kappa shape index (κ3) is 2.96. The number of benzene rings is 1. The molecule has 1 aromatic heterocycles. The molecule has 1 aliphatic rings. The molecule has 2 atom stereocenters. The van der Waals surface area contributed by atoms with Crippen LogP contribution in [0.15, 0.2) is 30.3 Å². The number of halogens is 1. The van der Waals surface area contributed by atoms with Gasteiger partial charge in [0.05, 0.1) is 10.4 Å². The van der Waals surface area contributed by atoms with Crippen LogP contribution in [0.25, 0.3) is 0 Å². The Labute approximate surface area is 135 Å². The molecule has 1 aromatic carbocycles. The van der Waals surface area contributed by atoms with Crippen LogP contribution in [-0.4, -0.2) is 12.6 Å². The minimum absolute atomic E-state index is 0.0620. The highest BCUT2D eigenvalue weighted by atomic mass is 35.5. The van der Waals surface area contributed by atoms with E-state index in [4.69, 9.17) is 17.3 Å². The first-order valence-corrected chi connectivity index (χ1v) is 8.62. The summed E-state index contributed by atoms with van der Waals surface area (Å²) in [7, 11) is 0. The Balaban J connectivity index is 2.02. The van der Waals surface area contributed by atoms with E-state index >= 15 is 0 Å². The van der Waals surface area contributed by atoms with Gasteiger partial charge in [0.1, 0.15) is 0 Å². The van der Waals surface area contributed by atoms with Crippen molar-refractivity contribution in [3.8, 4) is 0 Å². The van der Waals surface area contributed by atoms with Crippen molar-refractivity contribution in [3.63, 3.8) is 0 Å². The number of thiophene rings is 1. The largest absolute Gasteiger partial charge is 0.362 e. The molecule has 21 heavy (non-hydrogen) atoms. The monoisotopic (exact) mass is 320 g/mol. The van der Waals surface area contributed by atoms with Gasteiger partial charge >= 0.3 is 0 Å². The zero-order valence-corrected chi connectivity index (χ0v) is 14.0. The highest BCUT2D eigenvalue weighted by molar-refractivity contribution is 7.16. The normalized spacial score (nSPS) is 17.4. The first kappa shape index (κ1) is 14.9. The highest BCUT2D eigenvalue weighted by Crippen LogP contribution is 2.38. The van der Waals surface area contributed by atoms with Crippen LogP contribution in [0.5, 0.6) is 0 Å². The van der Waals surface area contributed by atoms with E-state index in [-0.39, 0.29) is 12.1 Å². The van der Waals surface area contributed by atoms with Gasteiger partial charge in [-0.3, -0.25) is 0 Å². The zero-order valence-electron chi connectivity index (χ0n) is 12.5. The smallest absolute Gasteiger partial charge is 0.0932 e. The predicted octanol–water partition coefficient (Wildman–Crippen LogP) is 4.55. The predicted molar refractivity (Wildman–Crippen MR) is 92.6 cm³/mol. The van der Waals surface area contributed by atoms with Gasteiger partial charge in [-0.1, -0.05) is 29.3 Å². The van der Waals surface area contributed by atoms with Gasteiger partial charge in [0.2, 0.25) is 0 Å². The number of nitrogens with zero attached hydrogens (tertiary/aromatic N) is 1. The molecule has 0 amide bonds. The molecule has 1 aliphatic heterocycles. The summed E-state index contributed by atoms with van der Waals surface area (Å²) in [4.78, 5) is 3.72. The molecule has 2 N–H and O–H groups in total. The van der Waals surface area contributed by atoms with Crippen LogP contribution in [-0.2, 0) is 6.42 Å². The first-order valence-electron chi connectivity index (χ1n) is 7.43. The summed E-state index contributed by atoms with van der Waals surface area (Å²) >= 11 is 7.77. The van der Waals surface area contributed by atoms with Crippen molar-refractivity contribution in [3.05, 3.63) is 50.7 Å². The number of anilines is 1. The Bertz CT molecular complexity index is 635. The minimum atomic E-state index is 0.0620. The van der Waals surface area contributed by atoms with Crippen LogP contribution >= 0.6 is 22.9 Å². The molecule has 2 unspecified atom stereocenters. The van der Waals surface area contributed by atoms with Crippen LogP contribution in [0, 0.1) is 6.92 Å². The van der Waals surface area contributed by atoms with Gasteiger partial charge in [-0.2, -0.15) is 0 Å². The second kappa shape index (κ2) is 5.99. The fourth-order valence-electron chi connectivity index (χ4n) is 3.23. The van der Waals surface area contributed by atoms with E-state index in [2.05, 4.69) is 43.0 Å². The summed E-state index contributed by atoms with van der Waals surface area (Å²) in [6.45, 7) is 5.29. The van der Waals surface area contributed by atoms with Crippen LogP contribution in [0.1, 0.15) is 35.4 Å². The average molecular weight is 321 g/mol. The molecule has 0 fully saturated rings. The van der Waals surface area contributed by atoms with Gasteiger partial charge in [0, 0.05) is 23.2 Å². The van der Waals surface area contributed by atoms with E-state index in [0.717, 1.165) is 17.3 Å². The molecule has 0 spiro atoms. The third-order valence-corrected chi connectivity index (χ3v) is 5.41. The minimum Gasteiger partial charge on any atom is -0.362 e. The molecule has 2 heterocycles. The Morgan fingerprint density at radius 3 is 2.76 bits per heavy atom. The lowest BCUT2D eigenvalue weighted by molar-refractivity contribution is 0.516. The summed E-state index contributed by atoms with van der Waals surface area (Å²) in [6, 6.07) is 11.1. The van der Waals surface area contributed by atoms with E-state index in [1.807, 2.05) is 6.07 Å². The second-order valence-electron chi connectivity index (χ2n) is 5.87. The average Bonchev–Trinajstić information content (AvgIpc) is 2.84. The van der Waals surface area contributed by atoms with Crippen molar-refractivity contribution in [1.82, 2.24) is 0 Å². The van der Waals surface area contributed by atoms with Crippen LogP contribution < -0.4 is 10.6 Å². The zero-order chi connectivity index (χ0) is 15.0. The van der Waals surface area contributed by atoms with Crippen LogP contribution in [0.3, 0.4) is 0 Å². The summed E-state index contributed by atoms with van der Waals surface area (Å²) in [5.41, 5.74) is 10.4. The third-order valence-electron chi connectivity index (χ3n) is 4.11. The maximum atomic E-state index is 6.32. The van der Waals surface area contributed by atoms with E-state index in [1.54, 1.807) is 11.3 Å². The lowest BCUT2D eigenvalue weighted by Crippen LogP contribution is -2.41. The van der Waals surface area contributed by atoms with E-state index in [0.29, 0.717) is 0 Å². The SMILES string of the molecule is Cc1ccc2c(c1)CCCN2C(c1ccc(Cl)s1)C(C)N. The quantitative estimate of drug-likeness (QED) is 0.899. The van der Waals surface area contributed by atoms with Gasteiger partial charge in [0.25, 0.3) is 0 Å². The standard InChI is InChI=1S/C17H21ClN2S/c1-11-5-6-14-13(10-11)4-3-9-20(14)17(12(2)19)15-7-8-16(18)21-15/h5-8,10,12,17H,3-4,9,19H2,1-2H3. The Morgan fingerprint density at radius 2 is 2.10 bits per heavy atom. The van der Waals surface area contributed by atoms with Crippen molar-refractivity contribution in [1.29, 1.82) is 0 Å². The van der Waals surface area contributed by atoms with E-state index in [9.17, 15) is 0 Å². The van der Waals surface area contributed by atoms with E-state index in [1.165, 1.54) is 28.1 Å². The molecular formula is C17H21ClN2S. The molecule has 0 saturated heterocycles. The topological polar surface area (TPSA) is 29.3 Å². The Morgan fingerprint density at radius 1 is 1.29 bits per heavy atom. The molecule has 0 aliphatic carbocycles. The van der Waals surface area contributed by atoms with Gasteiger partial charge < -0.3 is 10.6 Å². The molecular weight excluding hydrogens is 300 g/mol. The molecule has 0 bridgehead atoms. The number of aryl methyl sites for hydroxylation is 2. The highest BCUT2D eigenvalue weighted by Gasteiger charge is 2.29. The molecule has 2 aromatic rings. The Hall–Kier alpha value is -1.03. The van der Waals surface area contributed by atoms with Gasteiger partial charge in [-0.25, -0.2) is 0 Å². The number of hydrogen-bond donors (Lipinski definition) is 1. The van der Waals surface area contributed by atoms with Crippen molar-refractivity contribution >= 4 is 28.6 Å². The maximum Gasteiger partial charge on any atom is 0.0932 e. The van der Waals surface area contributed by atoms with Gasteiger partial charge in [-0.15, -0.1) is 11.3 Å². The molecule has 2 nitrogen and oxygen atoms in total. The molecule has 4 heteroatoms. The molecule has 112 valence electrons. The summed E-state index contributed by atoms with van der Waals surface area (Å²) in [6.07, 6.45) is 2.34. The fraction of sp³-hybridized carbons (Fsp3) is 0.412. The van der Waals surface area contributed by atoms with Crippen LogP contribution in [0.2, 0.25) is 4.34 Å². The number of nitrogens with two attached hydrogens (primary N) is 1. The van der Waals surface area contributed by atoms with E-state index < -0.39 is 0 Å². The molecule has 3 rings (SSSR count).